The van der Waals surface area contributed by atoms with Gasteiger partial charge in [0, 0.05) is 26.9 Å². The third-order valence-electron chi connectivity index (χ3n) is 6.74. The van der Waals surface area contributed by atoms with Gasteiger partial charge in [0.2, 0.25) is 0 Å². The lowest BCUT2D eigenvalue weighted by Crippen LogP contribution is -2.12. The Bertz CT molecular complexity index is 1550. The summed E-state index contributed by atoms with van der Waals surface area (Å²) in [4.78, 5) is 7.67. The summed E-state index contributed by atoms with van der Waals surface area (Å²) in [6.45, 7) is 11.5. The first kappa shape index (κ1) is 19.8. The van der Waals surface area contributed by atoms with Crippen molar-refractivity contribution in [2.24, 2.45) is 0 Å². The predicted molar refractivity (Wildman–Crippen MR) is 139 cm³/mol. The summed E-state index contributed by atoms with van der Waals surface area (Å²) in [5, 5.41) is 7.98. The normalized spacial score (nSPS) is 13.3. The van der Waals surface area contributed by atoms with Crippen molar-refractivity contribution in [1.29, 1.82) is 0 Å². The number of pyridine rings is 1. The second-order valence-electron chi connectivity index (χ2n) is 10.3. The SMILES string of the molecule is CC(C)c1c2c(cc3ccccc13)-c1nccc3c1c(cc1cccc(C(C)(C)C)c13)S2. The van der Waals surface area contributed by atoms with Crippen molar-refractivity contribution in [2.45, 2.75) is 55.7 Å². The number of hydrogen-bond donors (Lipinski definition) is 0. The van der Waals surface area contributed by atoms with Gasteiger partial charge >= 0.3 is 0 Å². The van der Waals surface area contributed by atoms with Crippen LogP contribution in [0.4, 0.5) is 0 Å². The van der Waals surface area contributed by atoms with Gasteiger partial charge in [-0.2, -0.15) is 0 Å². The molecule has 0 unspecified atom stereocenters. The summed E-state index contributed by atoms with van der Waals surface area (Å²) in [7, 11) is 0. The summed E-state index contributed by atoms with van der Waals surface area (Å²) >= 11 is 1.93. The first-order valence-corrected chi connectivity index (χ1v) is 12.2. The fraction of sp³-hybridized carbons (Fsp3) is 0.233. The molecule has 6 rings (SSSR count). The standard InChI is InChI=1S/C30H27NS/c1-17(2)25-20-11-7-6-9-18(20)15-22-28-27-21(13-14-31-28)26-19(16-24(27)32-29(22)25)10-8-12-23(26)30(3,4)5/h6-17H,1-5H3. The molecule has 0 radical (unpaired) electrons. The summed E-state index contributed by atoms with van der Waals surface area (Å²) in [6, 6.07) is 22.5. The van der Waals surface area contributed by atoms with Gasteiger partial charge in [-0.15, -0.1) is 0 Å². The van der Waals surface area contributed by atoms with Crippen LogP contribution in [0, 0.1) is 0 Å². The molecule has 1 aliphatic rings. The second-order valence-corrected chi connectivity index (χ2v) is 11.3. The van der Waals surface area contributed by atoms with E-state index in [0.717, 1.165) is 5.69 Å². The quantitative estimate of drug-likeness (QED) is 0.240. The molecule has 2 heteroatoms. The van der Waals surface area contributed by atoms with E-state index < -0.39 is 0 Å². The van der Waals surface area contributed by atoms with Crippen LogP contribution in [0.15, 0.2) is 76.7 Å². The average molecular weight is 434 g/mol. The lowest BCUT2D eigenvalue weighted by atomic mass is 9.82. The van der Waals surface area contributed by atoms with Crippen molar-refractivity contribution in [3.8, 4) is 11.3 Å². The maximum absolute atomic E-state index is 4.97. The highest BCUT2D eigenvalue weighted by Crippen LogP contribution is 2.53. The summed E-state index contributed by atoms with van der Waals surface area (Å²) in [5.74, 6) is 0.441. The van der Waals surface area contributed by atoms with E-state index in [0.29, 0.717) is 5.92 Å². The predicted octanol–water partition coefficient (Wildman–Crippen LogP) is 9.09. The highest BCUT2D eigenvalue weighted by atomic mass is 32.2. The number of benzene rings is 4. The lowest BCUT2D eigenvalue weighted by Gasteiger charge is -2.27. The molecule has 1 aromatic heterocycles. The summed E-state index contributed by atoms with van der Waals surface area (Å²) in [5.41, 5.74) is 5.33. The van der Waals surface area contributed by atoms with Gasteiger partial charge < -0.3 is 0 Å². The van der Waals surface area contributed by atoms with Crippen LogP contribution in [0.5, 0.6) is 0 Å². The number of nitrogens with zero attached hydrogens (tertiary/aromatic N) is 1. The zero-order valence-electron chi connectivity index (χ0n) is 19.3. The molecular formula is C30H27NS. The van der Waals surface area contributed by atoms with Crippen LogP contribution in [-0.4, -0.2) is 4.98 Å². The smallest absolute Gasteiger partial charge is 0.0803 e. The van der Waals surface area contributed by atoms with Crippen LogP contribution >= 0.6 is 11.8 Å². The van der Waals surface area contributed by atoms with Crippen LogP contribution in [0.3, 0.4) is 0 Å². The van der Waals surface area contributed by atoms with Gasteiger partial charge in [0.05, 0.1) is 5.69 Å². The Hall–Kier alpha value is -2.84. The molecule has 4 aromatic carbocycles. The van der Waals surface area contributed by atoms with E-state index in [1.807, 2.05) is 18.0 Å². The van der Waals surface area contributed by atoms with Crippen molar-refractivity contribution in [2.75, 3.05) is 0 Å². The molecule has 0 amide bonds. The molecule has 2 heterocycles. The van der Waals surface area contributed by atoms with Crippen LogP contribution in [0.25, 0.3) is 43.6 Å². The van der Waals surface area contributed by atoms with E-state index in [1.165, 1.54) is 58.8 Å². The van der Waals surface area contributed by atoms with Crippen molar-refractivity contribution in [3.05, 3.63) is 78.0 Å². The molecule has 1 nitrogen and oxygen atoms in total. The van der Waals surface area contributed by atoms with Crippen LogP contribution in [-0.2, 0) is 5.41 Å². The van der Waals surface area contributed by atoms with Gasteiger partial charge in [-0.3, -0.25) is 4.98 Å². The highest BCUT2D eigenvalue weighted by molar-refractivity contribution is 8.00. The highest BCUT2D eigenvalue weighted by Gasteiger charge is 2.27. The summed E-state index contributed by atoms with van der Waals surface area (Å²) < 4.78 is 0. The first-order valence-electron chi connectivity index (χ1n) is 11.4. The van der Waals surface area contributed by atoms with Gasteiger partial charge in [-0.25, -0.2) is 0 Å². The molecule has 0 spiro atoms. The third kappa shape index (κ3) is 2.75. The maximum Gasteiger partial charge on any atom is 0.0803 e. The molecule has 0 atom stereocenters. The molecule has 0 aliphatic carbocycles. The van der Waals surface area contributed by atoms with Gasteiger partial charge in [0.1, 0.15) is 0 Å². The molecule has 158 valence electrons. The minimum absolute atomic E-state index is 0.0770. The molecule has 32 heavy (non-hydrogen) atoms. The first-order chi connectivity index (χ1) is 15.3. The van der Waals surface area contributed by atoms with Crippen LogP contribution in [0.2, 0.25) is 0 Å². The lowest BCUT2D eigenvalue weighted by molar-refractivity contribution is 0.596. The van der Waals surface area contributed by atoms with Crippen molar-refractivity contribution >= 4 is 44.1 Å². The van der Waals surface area contributed by atoms with Gasteiger partial charge in [0.25, 0.3) is 0 Å². The van der Waals surface area contributed by atoms with Crippen molar-refractivity contribution in [3.63, 3.8) is 0 Å². The number of aromatic nitrogens is 1. The zero-order chi connectivity index (χ0) is 22.2. The topological polar surface area (TPSA) is 12.9 Å². The Morgan fingerprint density at radius 1 is 0.812 bits per heavy atom. The molecule has 0 saturated heterocycles. The minimum atomic E-state index is 0.0770. The minimum Gasteiger partial charge on any atom is -0.256 e. The van der Waals surface area contributed by atoms with E-state index in [9.17, 15) is 0 Å². The van der Waals surface area contributed by atoms with Crippen LogP contribution in [0.1, 0.15) is 51.7 Å². The Morgan fingerprint density at radius 3 is 2.38 bits per heavy atom. The zero-order valence-corrected chi connectivity index (χ0v) is 20.1. The van der Waals surface area contributed by atoms with Crippen LogP contribution < -0.4 is 0 Å². The van der Waals surface area contributed by atoms with E-state index in [-0.39, 0.29) is 5.41 Å². The molecule has 5 aromatic rings. The summed E-state index contributed by atoms with van der Waals surface area (Å²) in [6.07, 6.45) is 2.00. The monoisotopic (exact) mass is 433 g/mol. The molecule has 0 N–H and O–H groups in total. The van der Waals surface area contributed by atoms with Gasteiger partial charge in [-0.1, -0.05) is 88.8 Å². The molecule has 0 saturated carbocycles. The Labute approximate surface area is 193 Å². The van der Waals surface area contributed by atoms with Crippen molar-refractivity contribution in [1.82, 2.24) is 4.98 Å². The van der Waals surface area contributed by atoms with Gasteiger partial charge in [-0.05, 0) is 67.6 Å². The fourth-order valence-corrected chi connectivity index (χ4v) is 6.79. The second kappa shape index (κ2) is 6.83. The van der Waals surface area contributed by atoms with E-state index in [4.69, 9.17) is 4.98 Å². The third-order valence-corrected chi connectivity index (χ3v) is 7.93. The Balaban J connectivity index is 1.79. The van der Waals surface area contributed by atoms with Gasteiger partial charge in [0.15, 0.2) is 0 Å². The number of hydrogen-bond acceptors (Lipinski definition) is 2. The average Bonchev–Trinajstić information content (AvgIpc) is 2.76. The number of fused-ring (bicyclic) bond motifs is 5. The molecule has 1 aliphatic heterocycles. The maximum atomic E-state index is 4.97. The Morgan fingerprint density at radius 2 is 1.59 bits per heavy atom. The number of rotatable bonds is 1. The largest absolute Gasteiger partial charge is 0.256 e. The fourth-order valence-electron chi connectivity index (χ4n) is 5.36. The van der Waals surface area contributed by atoms with E-state index in [2.05, 4.69) is 95.3 Å². The van der Waals surface area contributed by atoms with E-state index in [1.54, 1.807) is 0 Å². The molecule has 0 fully saturated rings. The Kier molecular flexibility index (Phi) is 4.23. The molecular weight excluding hydrogens is 406 g/mol. The van der Waals surface area contributed by atoms with E-state index >= 15 is 0 Å². The molecule has 0 bridgehead atoms. The van der Waals surface area contributed by atoms with Crippen molar-refractivity contribution < 1.29 is 0 Å².